The van der Waals surface area contributed by atoms with Gasteiger partial charge in [-0.25, -0.2) is 4.98 Å². The molecular formula is C13H15ClN2S. The summed E-state index contributed by atoms with van der Waals surface area (Å²) >= 11 is 7.76. The van der Waals surface area contributed by atoms with Crippen LogP contribution in [0.1, 0.15) is 22.9 Å². The van der Waals surface area contributed by atoms with Crippen molar-refractivity contribution in [2.75, 3.05) is 7.05 Å². The first kappa shape index (κ1) is 12.6. The third-order valence-corrected chi connectivity index (χ3v) is 4.07. The Labute approximate surface area is 111 Å². The number of benzene rings is 1. The van der Waals surface area contributed by atoms with Crippen LogP contribution in [0.15, 0.2) is 24.3 Å². The van der Waals surface area contributed by atoms with E-state index in [0.29, 0.717) is 6.04 Å². The SMILES string of the molecule is CNC(C)c1sc(C)nc1-c1cccc(Cl)c1. The molecule has 0 spiro atoms. The second-order valence-corrected chi connectivity index (χ2v) is 5.64. The molecule has 0 saturated heterocycles. The fourth-order valence-corrected chi connectivity index (χ4v) is 2.91. The summed E-state index contributed by atoms with van der Waals surface area (Å²) in [7, 11) is 1.96. The maximum atomic E-state index is 6.03. The molecule has 2 nitrogen and oxygen atoms in total. The largest absolute Gasteiger partial charge is 0.312 e. The van der Waals surface area contributed by atoms with Crippen molar-refractivity contribution >= 4 is 22.9 Å². The third-order valence-electron chi connectivity index (χ3n) is 2.68. The molecule has 0 bridgehead atoms. The maximum Gasteiger partial charge on any atom is 0.0905 e. The highest BCUT2D eigenvalue weighted by molar-refractivity contribution is 7.12. The van der Waals surface area contributed by atoms with E-state index in [1.165, 1.54) is 4.88 Å². The number of nitrogens with zero attached hydrogens (tertiary/aromatic N) is 1. The number of nitrogens with one attached hydrogen (secondary N) is 1. The van der Waals surface area contributed by atoms with Crippen molar-refractivity contribution in [3.8, 4) is 11.3 Å². The van der Waals surface area contributed by atoms with Crippen LogP contribution in [0, 0.1) is 6.92 Å². The highest BCUT2D eigenvalue weighted by Crippen LogP contribution is 2.33. The summed E-state index contributed by atoms with van der Waals surface area (Å²) in [5, 5.41) is 5.08. The van der Waals surface area contributed by atoms with Crippen LogP contribution in [0.5, 0.6) is 0 Å². The van der Waals surface area contributed by atoms with Gasteiger partial charge in [0, 0.05) is 21.5 Å². The molecule has 0 amide bonds. The van der Waals surface area contributed by atoms with Gasteiger partial charge < -0.3 is 5.32 Å². The molecule has 1 atom stereocenters. The van der Waals surface area contributed by atoms with Crippen molar-refractivity contribution in [3.63, 3.8) is 0 Å². The molecule has 0 fully saturated rings. The van der Waals surface area contributed by atoms with E-state index in [2.05, 4.69) is 17.2 Å². The molecule has 1 aromatic heterocycles. The van der Waals surface area contributed by atoms with Crippen molar-refractivity contribution in [1.82, 2.24) is 10.3 Å². The Morgan fingerprint density at radius 2 is 2.18 bits per heavy atom. The Balaban J connectivity index is 2.51. The van der Waals surface area contributed by atoms with Gasteiger partial charge >= 0.3 is 0 Å². The van der Waals surface area contributed by atoms with Gasteiger partial charge in [0.25, 0.3) is 0 Å². The number of thiazole rings is 1. The van der Waals surface area contributed by atoms with Crippen LogP contribution < -0.4 is 5.32 Å². The molecule has 1 unspecified atom stereocenters. The molecule has 1 heterocycles. The summed E-state index contributed by atoms with van der Waals surface area (Å²) in [4.78, 5) is 5.87. The quantitative estimate of drug-likeness (QED) is 0.907. The maximum absolute atomic E-state index is 6.03. The topological polar surface area (TPSA) is 24.9 Å². The predicted octanol–water partition coefficient (Wildman–Crippen LogP) is 4.05. The van der Waals surface area contributed by atoms with Gasteiger partial charge in [-0.1, -0.05) is 23.7 Å². The number of halogens is 1. The van der Waals surface area contributed by atoms with Gasteiger partial charge in [0.1, 0.15) is 0 Å². The van der Waals surface area contributed by atoms with Gasteiger partial charge in [0.05, 0.1) is 10.7 Å². The van der Waals surface area contributed by atoms with Crippen molar-refractivity contribution in [2.24, 2.45) is 0 Å². The van der Waals surface area contributed by atoms with Crippen molar-refractivity contribution in [2.45, 2.75) is 19.9 Å². The lowest BCUT2D eigenvalue weighted by Crippen LogP contribution is -2.11. The predicted molar refractivity (Wildman–Crippen MR) is 74.8 cm³/mol. The molecule has 0 saturated carbocycles. The van der Waals surface area contributed by atoms with Crippen LogP contribution in [0.3, 0.4) is 0 Å². The summed E-state index contributed by atoms with van der Waals surface area (Å²) in [6, 6.07) is 8.15. The van der Waals surface area contributed by atoms with Crippen molar-refractivity contribution in [3.05, 3.63) is 39.2 Å². The van der Waals surface area contributed by atoms with Crippen LogP contribution >= 0.6 is 22.9 Å². The first-order chi connectivity index (χ1) is 8.11. The Bertz CT molecular complexity index is 522. The molecule has 4 heteroatoms. The number of hydrogen-bond donors (Lipinski definition) is 1. The lowest BCUT2D eigenvalue weighted by atomic mass is 10.1. The van der Waals surface area contributed by atoms with Crippen LogP contribution in [-0.4, -0.2) is 12.0 Å². The van der Waals surface area contributed by atoms with E-state index in [4.69, 9.17) is 11.6 Å². The molecule has 2 aromatic rings. The third kappa shape index (κ3) is 2.68. The van der Waals surface area contributed by atoms with Crippen LogP contribution in [0.2, 0.25) is 5.02 Å². The molecule has 0 aliphatic heterocycles. The lowest BCUT2D eigenvalue weighted by molar-refractivity contribution is 0.664. The molecular weight excluding hydrogens is 252 g/mol. The van der Waals surface area contributed by atoms with Gasteiger partial charge in [0.2, 0.25) is 0 Å². The Hall–Kier alpha value is -0.900. The molecule has 1 N–H and O–H groups in total. The molecule has 0 aliphatic carbocycles. The van der Waals surface area contributed by atoms with E-state index >= 15 is 0 Å². The summed E-state index contributed by atoms with van der Waals surface area (Å²) < 4.78 is 0. The average molecular weight is 267 g/mol. The van der Waals surface area contributed by atoms with Crippen LogP contribution in [0.4, 0.5) is 0 Å². The standard InChI is InChI=1S/C13H15ClN2S/c1-8(15-3)13-12(16-9(2)17-13)10-5-4-6-11(14)7-10/h4-8,15H,1-3H3. The van der Waals surface area contributed by atoms with E-state index in [1.54, 1.807) is 11.3 Å². The van der Waals surface area contributed by atoms with Crippen molar-refractivity contribution < 1.29 is 0 Å². The number of hydrogen-bond acceptors (Lipinski definition) is 3. The van der Waals surface area contributed by atoms with Crippen molar-refractivity contribution in [1.29, 1.82) is 0 Å². The first-order valence-corrected chi connectivity index (χ1v) is 6.71. The molecule has 0 aliphatic rings. The molecule has 2 rings (SSSR count). The molecule has 90 valence electrons. The number of aryl methyl sites for hydroxylation is 1. The van der Waals surface area contributed by atoms with E-state index in [0.717, 1.165) is 21.3 Å². The van der Waals surface area contributed by atoms with Gasteiger partial charge in [-0.2, -0.15) is 0 Å². The molecule has 0 radical (unpaired) electrons. The second-order valence-electron chi connectivity index (χ2n) is 3.97. The summed E-state index contributed by atoms with van der Waals surface area (Å²) in [6.45, 7) is 4.17. The van der Waals surface area contributed by atoms with Crippen LogP contribution in [0.25, 0.3) is 11.3 Å². The lowest BCUT2D eigenvalue weighted by Gasteiger charge is -2.10. The number of aromatic nitrogens is 1. The highest BCUT2D eigenvalue weighted by atomic mass is 35.5. The van der Waals surface area contributed by atoms with Gasteiger partial charge in [-0.15, -0.1) is 11.3 Å². The van der Waals surface area contributed by atoms with E-state index < -0.39 is 0 Å². The minimum Gasteiger partial charge on any atom is -0.312 e. The fraction of sp³-hybridized carbons (Fsp3) is 0.308. The monoisotopic (exact) mass is 266 g/mol. The Morgan fingerprint density at radius 1 is 1.41 bits per heavy atom. The van der Waals surface area contributed by atoms with Gasteiger partial charge in [-0.3, -0.25) is 0 Å². The smallest absolute Gasteiger partial charge is 0.0905 e. The second kappa shape index (κ2) is 5.17. The minimum absolute atomic E-state index is 0.301. The zero-order chi connectivity index (χ0) is 12.4. The zero-order valence-electron chi connectivity index (χ0n) is 10.1. The molecule has 1 aromatic carbocycles. The fourth-order valence-electron chi connectivity index (χ4n) is 1.71. The first-order valence-electron chi connectivity index (χ1n) is 5.52. The molecule has 17 heavy (non-hydrogen) atoms. The zero-order valence-corrected chi connectivity index (χ0v) is 11.7. The van der Waals surface area contributed by atoms with Gasteiger partial charge in [-0.05, 0) is 33.0 Å². The normalized spacial score (nSPS) is 12.7. The summed E-state index contributed by atoms with van der Waals surface area (Å²) in [6.07, 6.45) is 0. The van der Waals surface area contributed by atoms with E-state index in [-0.39, 0.29) is 0 Å². The van der Waals surface area contributed by atoms with Crippen LogP contribution in [-0.2, 0) is 0 Å². The highest BCUT2D eigenvalue weighted by Gasteiger charge is 2.15. The Morgan fingerprint density at radius 3 is 2.82 bits per heavy atom. The van der Waals surface area contributed by atoms with E-state index in [9.17, 15) is 0 Å². The summed E-state index contributed by atoms with van der Waals surface area (Å²) in [5.74, 6) is 0. The minimum atomic E-state index is 0.301. The average Bonchev–Trinajstić information content (AvgIpc) is 2.70. The number of rotatable bonds is 3. The van der Waals surface area contributed by atoms with Gasteiger partial charge in [0.15, 0.2) is 0 Å². The Kier molecular flexibility index (Phi) is 3.82. The van der Waals surface area contributed by atoms with E-state index in [1.807, 2.05) is 38.2 Å². The summed E-state index contributed by atoms with van der Waals surface area (Å²) in [5.41, 5.74) is 2.12.